The summed E-state index contributed by atoms with van der Waals surface area (Å²) >= 11 is 0. The highest BCUT2D eigenvalue weighted by atomic mass is 16.5. The maximum absolute atomic E-state index is 11.9. The SMILES string of the molecule is COc1ccc(C(=O)NCCCC[C@H](NC(=O)CN)C(=O)O)cc1. The number of amides is 2. The van der Waals surface area contributed by atoms with Crippen LogP contribution in [0, 0.1) is 0 Å². The molecule has 1 rings (SSSR count). The summed E-state index contributed by atoms with van der Waals surface area (Å²) < 4.78 is 5.02. The molecule has 0 aliphatic heterocycles. The Morgan fingerprint density at radius 3 is 2.42 bits per heavy atom. The smallest absolute Gasteiger partial charge is 0.326 e. The molecule has 2 amide bonds. The van der Waals surface area contributed by atoms with Crippen molar-refractivity contribution < 1.29 is 24.2 Å². The van der Waals surface area contributed by atoms with Gasteiger partial charge in [-0.2, -0.15) is 0 Å². The van der Waals surface area contributed by atoms with Gasteiger partial charge in [-0.05, 0) is 43.5 Å². The lowest BCUT2D eigenvalue weighted by atomic mass is 10.1. The second kappa shape index (κ2) is 10.2. The van der Waals surface area contributed by atoms with Crippen molar-refractivity contribution in [1.82, 2.24) is 10.6 Å². The maximum atomic E-state index is 11.9. The van der Waals surface area contributed by atoms with Gasteiger partial charge in [-0.15, -0.1) is 0 Å². The van der Waals surface area contributed by atoms with Gasteiger partial charge < -0.3 is 26.2 Å². The first-order chi connectivity index (χ1) is 11.5. The minimum absolute atomic E-state index is 0.205. The number of carbonyl (C=O) groups is 3. The molecule has 0 radical (unpaired) electrons. The number of aliphatic carboxylic acids is 1. The zero-order chi connectivity index (χ0) is 17.9. The second-order valence-electron chi connectivity index (χ2n) is 5.14. The Morgan fingerprint density at radius 2 is 1.88 bits per heavy atom. The summed E-state index contributed by atoms with van der Waals surface area (Å²) in [4.78, 5) is 34.1. The van der Waals surface area contributed by atoms with E-state index in [0.717, 1.165) is 0 Å². The average Bonchev–Trinajstić information content (AvgIpc) is 2.59. The summed E-state index contributed by atoms with van der Waals surface area (Å²) in [5, 5.41) is 14.1. The van der Waals surface area contributed by atoms with E-state index in [9.17, 15) is 14.4 Å². The Morgan fingerprint density at radius 1 is 1.21 bits per heavy atom. The molecule has 0 saturated carbocycles. The van der Waals surface area contributed by atoms with Crippen LogP contribution in [0.3, 0.4) is 0 Å². The molecule has 1 atom stereocenters. The van der Waals surface area contributed by atoms with Crippen LogP contribution in [0.25, 0.3) is 0 Å². The van der Waals surface area contributed by atoms with E-state index in [1.54, 1.807) is 31.4 Å². The summed E-state index contributed by atoms with van der Waals surface area (Å²) in [6, 6.07) is 5.77. The number of unbranched alkanes of at least 4 members (excludes halogenated alkanes) is 1. The molecule has 0 heterocycles. The van der Waals surface area contributed by atoms with Gasteiger partial charge in [0.1, 0.15) is 11.8 Å². The van der Waals surface area contributed by atoms with Crippen LogP contribution in [0.1, 0.15) is 29.6 Å². The van der Waals surface area contributed by atoms with E-state index < -0.39 is 17.9 Å². The highest BCUT2D eigenvalue weighted by molar-refractivity contribution is 5.94. The number of nitrogens with one attached hydrogen (secondary N) is 2. The van der Waals surface area contributed by atoms with Gasteiger partial charge in [0.05, 0.1) is 13.7 Å². The Hall–Kier alpha value is -2.61. The first-order valence-electron chi connectivity index (χ1n) is 7.62. The fourth-order valence-corrected chi connectivity index (χ4v) is 2.03. The van der Waals surface area contributed by atoms with Crippen LogP contribution in [0.5, 0.6) is 5.75 Å². The number of hydrogen-bond donors (Lipinski definition) is 4. The fourth-order valence-electron chi connectivity index (χ4n) is 2.03. The molecule has 5 N–H and O–H groups in total. The normalized spacial score (nSPS) is 11.4. The predicted molar refractivity (Wildman–Crippen MR) is 87.8 cm³/mol. The van der Waals surface area contributed by atoms with Crippen molar-refractivity contribution in [2.24, 2.45) is 5.73 Å². The molecule has 1 aromatic carbocycles. The Bertz CT molecular complexity index is 559. The van der Waals surface area contributed by atoms with Crippen molar-refractivity contribution in [3.8, 4) is 5.75 Å². The number of rotatable bonds is 10. The Balaban J connectivity index is 2.29. The molecular weight excluding hydrogens is 314 g/mol. The van der Waals surface area contributed by atoms with Crippen LogP contribution in [-0.4, -0.2) is 49.1 Å². The molecular formula is C16H23N3O5. The van der Waals surface area contributed by atoms with Crippen molar-refractivity contribution in [3.05, 3.63) is 29.8 Å². The van der Waals surface area contributed by atoms with Crippen LogP contribution >= 0.6 is 0 Å². The number of hydrogen-bond acceptors (Lipinski definition) is 5. The number of ether oxygens (including phenoxy) is 1. The predicted octanol–water partition coefficient (Wildman–Crippen LogP) is 0.123. The second-order valence-corrected chi connectivity index (χ2v) is 5.14. The first-order valence-corrected chi connectivity index (χ1v) is 7.62. The molecule has 0 aliphatic carbocycles. The van der Waals surface area contributed by atoms with Crippen molar-refractivity contribution in [1.29, 1.82) is 0 Å². The van der Waals surface area contributed by atoms with Gasteiger partial charge in [-0.3, -0.25) is 9.59 Å². The minimum atomic E-state index is -1.10. The minimum Gasteiger partial charge on any atom is -0.497 e. The molecule has 0 fully saturated rings. The zero-order valence-corrected chi connectivity index (χ0v) is 13.6. The third-order valence-electron chi connectivity index (χ3n) is 3.38. The molecule has 8 nitrogen and oxygen atoms in total. The highest BCUT2D eigenvalue weighted by Crippen LogP contribution is 2.11. The topological polar surface area (TPSA) is 131 Å². The Labute approximate surface area is 140 Å². The molecule has 0 unspecified atom stereocenters. The molecule has 24 heavy (non-hydrogen) atoms. The van der Waals surface area contributed by atoms with Crippen LogP contribution in [0.15, 0.2) is 24.3 Å². The van der Waals surface area contributed by atoms with E-state index in [0.29, 0.717) is 30.7 Å². The summed E-state index contributed by atoms with van der Waals surface area (Å²) in [6.07, 6.45) is 1.42. The van der Waals surface area contributed by atoms with E-state index in [2.05, 4.69) is 10.6 Å². The van der Waals surface area contributed by atoms with Gasteiger partial charge in [0.2, 0.25) is 5.91 Å². The lowest BCUT2D eigenvalue weighted by Gasteiger charge is -2.13. The molecule has 0 spiro atoms. The van der Waals surface area contributed by atoms with Gasteiger partial charge >= 0.3 is 5.97 Å². The summed E-state index contributed by atoms with van der Waals surface area (Å²) in [6.45, 7) is 0.170. The largest absolute Gasteiger partial charge is 0.497 e. The molecule has 132 valence electrons. The Kier molecular flexibility index (Phi) is 8.28. The van der Waals surface area contributed by atoms with Crippen molar-refractivity contribution in [2.75, 3.05) is 20.2 Å². The summed E-state index contributed by atoms with van der Waals surface area (Å²) in [5.41, 5.74) is 5.67. The van der Waals surface area contributed by atoms with Crippen LogP contribution in [0.2, 0.25) is 0 Å². The molecule has 8 heteroatoms. The van der Waals surface area contributed by atoms with E-state index >= 15 is 0 Å². The highest BCUT2D eigenvalue weighted by Gasteiger charge is 2.18. The maximum Gasteiger partial charge on any atom is 0.326 e. The standard InChI is InChI=1S/C16H23N3O5/c1-24-12-7-5-11(6-8-12)15(21)18-9-3-2-4-13(16(22)23)19-14(20)10-17/h5-8,13H,2-4,9-10,17H2,1H3,(H,18,21)(H,19,20)(H,22,23)/t13-/m0/s1. The van der Waals surface area contributed by atoms with Crippen molar-refractivity contribution in [3.63, 3.8) is 0 Å². The zero-order valence-electron chi connectivity index (χ0n) is 13.6. The molecule has 0 saturated heterocycles. The third-order valence-corrected chi connectivity index (χ3v) is 3.38. The van der Waals surface area contributed by atoms with E-state index in [1.807, 2.05) is 0 Å². The number of carboxylic acid groups (broad SMARTS) is 1. The average molecular weight is 337 g/mol. The van der Waals surface area contributed by atoms with Crippen molar-refractivity contribution >= 4 is 17.8 Å². The van der Waals surface area contributed by atoms with Gasteiger partial charge in [-0.1, -0.05) is 0 Å². The number of carboxylic acids is 1. The third kappa shape index (κ3) is 6.66. The lowest BCUT2D eigenvalue weighted by Crippen LogP contribution is -2.43. The number of methoxy groups -OCH3 is 1. The number of nitrogens with two attached hydrogens (primary N) is 1. The van der Waals surface area contributed by atoms with Crippen LogP contribution in [-0.2, 0) is 9.59 Å². The monoisotopic (exact) mass is 337 g/mol. The number of carbonyl (C=O) groups excluding carboxylic acids is 2. The fraction of sp³-hybridized carbons (Fsp3) is 0.438. The van der Waals surface area contributed by atoms with Crippen LogP contribution in [0.4, 0.5) is 0 Å². The van der Waals surface area contributed by atoms with Gasteiger partial charge in [0, 0.05) is 12.1 Å². The molecule has 0 aromatic heterocycles. The molecule has 1 aromatic rings. The van der Waals surface area contributed by atoms with Gasteiger partial charge in [0.15, 0.2) is 0 Å². The lowest BCUT2D eigenvalue weighted by molar-refractivity contribution is -0.141. The number of benzene rings is 1. The summed E-state index contributed by atoms with van der Waals surface area (Å²) in [5.74, 6) is -1.14. The van der Waals surface area contributed by atoms with E-state index in [4.69, 9.17) is 15.6 Å². The summed E-state index contributed by atoms with van der Waals surface area (Å²) in [7, 11) is 1.55. The first kappa shape index (κ1) is 19.4. The van der Waals surface area contributed by atoms with E-state index in [1.165, 1.54) is 0 Å². The van der Waals surface area contributed by atoms with Crippen LogP contribution < -0.4 is 21.1 Å². The van der Waals surface area contributed by atoms with Crippen molar-refractivity contribution in [2.45, 2.75) is 25.3 Å². The molecule has 0 bridgehead atoms. The molecule has 0 aliphatic rings. The van der Waals surface area contributed by atoms with Gasteiger partial charge in [-0.25, -0.2) is 4.79 Å². The van der Waals surface area contributed by atoms with Gasteiger partial charge in [0.25, 0.3) is 5.91 Å². The quantitative estimate of drug-likeness (QED) is 0.449. The van der Waals surface area contributed by atoms with E-state index in [-0.39, 0.29) is 18.9 Å².